The Morgan fingerprint density at radius 2 is 1.48 bits per heavy atom. The Labute approximate surface area is 157 Å². The molecule has 0 aliphatic rings. The fraction of sp³-hybridized carbons (Fsp3) is 0.0909. The van der Waals surface area contributed by atoms with E-state index in [1.807, 2.05) is 79.7 Å². The molecule has 0 aliphatic carbocycles. The zero-order chi connectivity index (χ0) is 18.5. The number of aromatic amines is 1. The minimum atomic E-state index is -0.118. The molecule has 0 saturated carbocycles. The lowest BCUT2D eigenvalue weighted by molar-refractivity contribution is 0.221. The molecule has 1 unspecified atom stereocenters. The van der Waals surface area contributed by atoms with Gasteiger partial charge in [0.05, 0.1) is 11.4 Å². The number of nitrogens with one attached hydrogen (secondary N) is 1. The first kappa shape index (κ1) is 16.8. The highest BCUT2D eigenvalue weighted by molar-refractivity contribution is 5.59. The molecule has 1 N–H and O–H groups in total. The first-order valence-electron chi connectivity index (χ1n) is 8.73. The van der Waals surface area contributed by atoms with E-state index in [2.05, 4.69) is 15.2 Å². The fourth-order valence-corrected chi connectivity index (χ4v) is 2.72. The first-order chi connectivity index (χ1) is 13.3. The Bertz CT molecular complexity index is 967. The number of rotatable bonds is 6. The minimum Gasteiger partial charge on any atom is -0.484 e. The molecule has 1 atom stereocenters. The van der Waals surface area contributed by atoms with Crippen LogP contribution in [0.1, 0.15) is 18.7 Å². The summed E-state index contributed by atoms with van der Waals surface area (Å²) < 4.78 is 11.8. The predicted molar refractivity (Wildman–Crippen MR) is 104 cm³/mol. The summed E-state index contributed by atoms with van der Waals surface area (Å²) in [5.74, 6) is 2.30. The molecule has 0 radical (unpaired) electrons. The van der Waals surface area contributed by atoms with E-state index in [0.29, 0.717) is 0 Å². The second-order valence-corrected chi connectivity index (χ2v) is 6.08. The van der Waals surface area contributed by atoms with Gasteiger partial charge >= 0.3 is 0 Å². The van der Waals surface area contributed by atoms with Crippen LogP contribution in [-0.4, -0.2) is 15.2 Å². The van der Waals surface area contributed by atoms with Crippen LogP contribution >= 0.6 is 0 Å². The van der Waals surface area contributed by atoms with Gasteiger partial charge in [-0.05, 0) is 79.2 Å². The quantitative estimate of drug-likeness (QED) is 0.502. The van der Waals surface area contributed by atoms with Gasteiger partial charge in [0.2, 0.25) is 0 Å². The first-order valence-corrected chi connectivity index (χ1v) is 8.73. The molecular weight excluding hydrogens is 338 g/mol. The molecule has 2 aromatic carbocycles. The van der Waals surface area contributed by atoms with Gasteiger partial charge in [-0.25, -0.2) is 0 Å². The van der Waals surface area contributed by atoms with Gasteiger partial charge in [-0.2, -0.15) is 5.10 Å². The van der Waals surface area contributed by atoms with Gasteiger partial charge in [0.15, 0.2) is 0 Å². The zero-order valence-corrected chi connectivity index (χ0v) is 14.9. The lowest BCUT2D eigenvalue weighted by Gasteiger charge is -2.14. The topological polar surface area (TPSA) is 60.0 Å². The standard InChI is InChI=1S/C22H19N3O2/c1-16(21-4-2-3-14-23-21)26-18-9-11-20(12-10-18)27-19-7-5-17(6-8-19)22-13-15-24-25-22/h2-16H,1H3,(H,24,25). The molecule has 5 nitrogen and oxygen atoms in total. The van der Waals surface area contributed by atoms with Crippen LogP contribution in [0.25, 0.3) is 11.3 Å². The predicted octanol–water partition coefficient (Wildman–Crippen LogP) is 5.40. The molecule has 0 bridgehead atoms. The number of ether oxygens (including phenoxy) is 2. The molecule has 134 valence electrons. The Morgan fingerprint density at radius 3 is 2.11 bits per heavy atom. The van der Waals surface area contributed by atoms with Gasteiger partial charge in [-0.1, -0.05) is 6.07 Å². The minimum absolute atomic E-state index is 0.118. The van der Waals surface area contributed by atoms with E-state index in [1.165, 1.54) is 0 Å². The summed E-state index contributed by atoms with van der Waals surface area (Å²) >= 11 is 0. The summed E-state index contributed by atoms with van der Waals surface area (Å²) in [4.78, 5) is 4.32. The van der Waals surface area contributed by atoms with E-state index in [1.54, 1.807) is 12.4 Å². The zero-order valence-electron chi connectivity index (χ0n) is 14.9. The molecule has 0 saturated heterocycles. The lowest BCUT2D eigenvalue weighted by atomic mass is 10.1. The van der Waals surface area contributed by atoms with E-state index >= 15 is 0 Å². The molecule has 0 spiro atoms. The number of aromatic nitrogens is 3. The van der Waals surface area contributed by atoms with Crippen molar-refractivity contribution in [2.24, 2.45) is 0 Å². The second-order valence-electron chi connectivity index (χ2n) is 6.08. The molecule has 4 rings (SSSR count). The van der Waals surface area contributed by atoms with E-state index in [9.17, 15) is 0 Å². The van der Waals surface area contributed by atoms with E-state index in [-0.39, 0.29) is 6.10 Å². The van der Waals surface area contributed by atoms with Gasteiger partial charge in [-0.15, -0.1) is 0 Å². The lowest BCUT2D eigenvalue weighted by Crippen LogP contribution is -2.04. The Balaban J connectivity index is 1.39. The van der Waals surface area contributed by atoms with Crippen molar-refractivity contribution >= 4 is 0 Å². The van der Waals surface area contributed by atoms with Gasteiger partial charge in [0, 0.05) is 12.4 Å². The number of pyridine rings is 1. The van der Waals surface area contributed by atoms with Crippen molar-refractivity contribution in [3.63, 3.8) is 0 Å². The maximum atomic E-state index is 5.94. The molecule has 0 fully saturated rings. The number of benzene rings is 2. The third-order valence-electron chi connectivity index (χ3n) is 4.14. The van der Waals surface area contributed by atoms with Crippen molar-refractivity contribution < 1.29 is 9.47 Å². The maximum Gasteiger partial charge on any atom is 0.138 e. The molecule has 5 heteroatoms. The number of hydrogen-bond acceptors (Lipinski definition) is 4. The van der Waals surface area contributed by atoms with Crippen molar-refractivity contribution in [3.05, 3.63) is 90.9 Å². The van der Waals surface area contributed by atoms with Crippen LogP contribution in [0.15, 0.2) is 85.2 Å². The highest BCUT2D eigenvalue weighted by Crippen LogP contribution is 2.27. The van der Waals surface area contributed by atoms with Crippen molar-refractivity contribution in [3.8, 4) is 28.5 Å². The molecule has 0 aliphatic heterocycles. The van der Waals surface area contributed by atoms with Crippen LogP contribution in [0.2, 0.25) is 0 Å². The average Bonchev–Trinajstić information content (AvgIpc) is 3.26. The largest absolute Gasteiger partial charge is 0.484 e. The molecule has 2 aromatic heterocycles. The van der Waals surface area contributed by atoms with Crippen LogP contribution in [-0.2, 0) is 0 Å². The smallest absolute Gasteiger partial charge is 0.138 e. The van der Waals surface area contributed by atoms with Gasteiger partial charge in [0.25, 0.3) is 0 Å². The van der Waals surface area contributed by atoms with E-state index in [0.717, 1.165) is 34.2 Å². The number of H-pyrrole nitrogens is 1. The summed E-state index contributed by atoms with van der Waals surface area (Å²) in [5.41, 5.74) is 2.94. The Hall–Kier alpha value is -3.60. The summed E-state index contributed by atoms with van der Waals surface area (Å²) in [7, 11) is 0. The summed E-state index contributed by atoms with van der Waals surface area (Å²) in [6.45, 7) is 1.98. The normalized spacial score (nSPS) is 11.7. The molecule has 0 amide bonds. The Morgan fingerprint density at radius 1 is 0.778 bits per heavy atom. The number of hydrogen-bond donors (Lipinski definition) is 1. The van der Waals surface area contributed by atoms with Gasteiger partial charge in [-0.3, -0.25) is 10.1 Å². The summed E-state index contributed by atoms with van der Waals surface area (Å²) in [6, 6.07) is 23.2. The van der Waals surface area contributed by atoms with Crippen molar-refractivity contribution in [1.29, 1.82) is 0 Å². The van der Waals surface area contributed by atoms with Crippen LogP contribution in [0.3, 0.4) is 0 Å². The summed E-state index contributed by atoms with van der Waals surface area (Å²) in [6.07, 6.45) is 3.38. The average molecular weight is 357 g/mol. The molecule has 27 heavy (non-hydrogen) atoms. The van der Waals surface area contributed by atoms with Gasteiger partial charge in [0.1, 0.15) is 23.4 Å². The maximum absolute atomic E-state index is 5.94. The van der Waals surface area contributed by atoms with Crippen LogP contribution in [0.4, 0.5) is 0 Å². The molecule has 4 aromatic rings. The fourth-order valence-electron chi connectivity index (χ4n) is 2.72. The van der Waals surface area contributed by atoms with E-state index < -0.39 is 0 Å². The van der Waals surface area contributed by atoms with Crippen molar-refractivity contribution in [2.45, 2.75) is 13.0 Å². The van der Waals surface area contributed by atoms with Crippen LogP contribution in [0, 0.1) is 0 Å². The monoisotopic (exact) mass is 357 g/mol. The van der Waals surface area contributed by atoms with Gasteiger partial charge < -0.3 is 9.47 Å². The number of nitrogens with zero attached hydrogens (tertiary/aromatic N) is 2. The van der Waals surface area contributed by atoms with Crippen molar-refractivity contribution in [1.82, 2.24) is 15.2 Å². The third kappa shape index (κ3) is 4.15. The van der Waals surface area contributed by atoms with Crippen LogP contribution in [0.5, 0.6) is 17.2 Å². The third-order valence-corrected chi connectivity index (χ3v) is 4.14. The second kappa shape index (κ2) is 7.74. The SMILES string of the molecule is CC(Oc1ccc(Oc2ccc(-c3ccn[nH]3)cc2)cc1)c1ccccn1. The summed E-state index contributed by atoms with van der Waals surface area (Å²) in [5, 5.41) is 6.91. The van der Waals surface area contributed by atoms with E-state index in [4.69, 9.17) is 9.47 Å². The highest BCUT2D eigenvalue weighted by atomic mass is 16.5. The van der Waals surface area contributed by atoms with Crippen LogP contribution < -0.4 is 9.47 Å². The van der Waals surface area contributed by atoms with Crippen molar-refractivity contribution in [2.75, 3.05) is 0 Å². The molecular formula is C22H19N3O2. The Kier molecular flexibility index (Phi) is 4.83. The molecule has 2 heterocycles. The highest BCUT2D eigenvalue weighted by Gasteiger charge is 2.08.